The van der Waals surface area contributed by atoms with Gasteiger partial charge in [0, 0.05) is 17.2 Å². The van der Waals surface area contributed by atoms with Crippen molar-refractivity contribution in [3.63, 3.8) is 0 Å². The lowest BCUT2D eigenvalue weighted by Crippen LogP contribution is -2.41. The molecule has 0 spiro atoms. The highest BCUT2D eigenvalue weighted by Gasteiger charge is 2.48. The predicted molar refractivity (Wildman–Crippen MR) is 91.2 cm³/mol. The fourth-order valence-electron chi connectivity index (χ4n) is 2.68. The van der Waals surface area contributed by atoms with Crippen molar-refractivity contribution in [3.8, 4) is 0 Å². The van der Waals surface area contributed by atoms with Crippen LogP contribution in [0.4, 0.5) is 9.18 Å². The van der Waals surface area contributed by atoms with Gasteiger partial charge in [0.25, 0.3) is 5.91 Å². The van der Waals surface area contributed by atoms with Crippen molar-refractivity contribution in [3.05, 3.63) is 66.0 Å². The van der Waals surface area contributed by atoms with E-state index in [9.17, 15) is 14.0 Å². The van der Waals surface area contributed by atoms with Crippen molar-refractivity contribution in [1.82, 2.24) is 10.2 Å². The summed E-state index contributed by atoms with van der Waals surface area (Å²) < 4.78 is 13.6. The molecule has 6 heteroatoms. The molecular formula is C18H17FN2O2S. The topological polar surface area (TPSA) is 49.4 Å². The molecule has 1 aliphatic heterocycles. The highest BCUT2D eigenvalue weighted by atomic mass is 32.2. The summed E-state index contributed by atoms with van der Waals surface area (Å²) in [4.78, 5) is 26.6. The maximum absolute atomic E-state index is 13.6. The molecule has 1 atom stereocenters. The van der Waals surface area contributed by atoms with Gasteiger partial charge in [-0.05, 0) is 24.6 Å². The number of urea groups is 1. The maximum Gasteiger partial charge on any atom is 0.325 e. The summed E-state index contributed by atoms with van der Waals surface area (Å²) in [5, 5.41) is 2.76. The lowest BCUT2D eigenvalue weighted by Gasteiger charge is -2.22. The first kappa shape index (κ1) is 16.5. The van der Waals surface area contributed by atoms with Crippen molar-refractivity contribution < 1.29 is 14.0 Å². The third-order valence-corrected chi connectivity index (χ3v) is 5.06. The maximum atomic E-state index is 13.6. The van der Waals surface area contributed by atoms with Gasteiger partial charge < -0.3 is 5.32 Å². The highest BCUT2D eigenvalue weighted by Crippen LogP contribution is 2.29. The largest absolute Gasteiger partial charge is 0.325 e. The lowest BCUT2D eigenvalue weighted by molar-refractivity contribution is -0.130. The van der Waals surface area contributed by atoms with Crippen molar-refractivity contribution in [2.75, 3.05) is 12.3 Å². The van der Waals surface area contributed by atoms with E-state index in [1.54, 1.807) is 25.1 Å². The number of benzene rings is 2. The number of halogens is 1. The Hall–Kier alpha value is -2.34. The second-order valence-corrected chi connectivity index (χ2v) is 6.79. The number of hydrogen-bond donors (Lipinski definition) is 1. The van der Waals surface area contributed by atoms with Crippen LogP contribution in [0.2, 0.25) is 0 Å². The average molecular weight is 344 g/mol. The first-order valence-corrected chi connectivity index (χ1v) is 8.58. The molecule has 3 amide bonds. The summed E-state index contributed by atoms with van der Waals surface area (Å²) in [6.45, 7) is 1.93. The molecule has 124 valence electrons. The molecule has 1 saturated heterocycles. The molecule has 0 bridgehead atoms. The Balaban J connectivity index is 1.68. The van der Waals surface area contributed by atoms with Gasteiger partial charge in [0.2, 0.25) is 0 Å². The number of amides is 3. The fraction of sp³-hybridized carbons (Fsp3) is 0.222. The van der Waals surface area contributed by atoms with E-state index < -0.39 is 11.6 Å². The van der Waals surface area contributed by atoms with Gasteiger partial charge in [-0.15, -0.1) is 11.8 Å². The van der Waals surface area contributed by atoms with Gasteiger partial charge in [-0.3, -0.25) is 9.69 Å². The highest BCUT2D eigenvalue weighted by molar-refractivity contribution is 7.99. The van der Waals surface area contributed by atoms with E-state index in [-0.39, 0.29) is 18.3 Å². The number of thioether (sulfide) groups is 1. The summed E-state index contributed by atoms with van der Waals surface area (Å²) in [6, 6.07) is 15.2. The van der Waals surface area contributed by atoms with Gasteiger partial charge in [-0.2, -0.15) is 0 Å². The van der Waals surface area contributed by atoms with E-state index in [2.05, 4.69) is 5.32 Å². The molecule has 0 aliphatic carbocycles. The molecule has 0 saturated carbocycles. The Labute approximate surface area is 144 Å². The van der Waals surface area contributed by atoms with Gasteiger partial charge in [-0.25, -0.2) is 9.18 Å². The number of nitrogens with zero attached hydrogens (tertiary/aromatic N) is 1. The van der Waals surface area contributed by atoms with Crippen molar-refractivity contribution in [1.29, 1.82) is 0 Å². The quantitative estimate of drug-likeness (QED) is 0.668. The molecule has 0 unspecified atom stereocenters. The van der Waals surface area contributed by atoms with Crippen LogP contribution in [0.5, 0.6) is 0 Å². The third kappa shape index (κ3) is 3.01. The normalized spacial score (nSPS) is 20.3. The van der Waals surface area contributed by atoms with Gasteiger partial charge in [0.15, 0.2) is 0 Å². The smallest absolute Gasteiger partial charge is 0.319 e. The van der Waals surface area contributed by atoms with Crippen LogP contribution in [0, 0.1) is 5.82 Å². The monoisotopic (exact) mass is 344 g/mol. The summed E-state index contributed by atoms with van der Waals surface area (Å²) >= 11 is 1.29. The number of carbonyl (C=O) groups excluding carboxylic acids is 2. The molecule has 0 radical (unpaired) electrons. The number of nitrogens with one attached hydrogen (secondary N) is 1. The first-order valence-electron chi connectivity index (χ1n) is 7.59. The van der Waals surface area contributed by atoms with Crippen LogP contribution < -0.4 is 5.32 Å². The van der Waals surface area contributed by atoms with Gasteiger partial charge in [0.1, 0.15) is 11.4 Å². The van der Waals surface area contributed by atoms with Crippen molar-refractivity contribution >= 4 is 23.7 Å². The van der Waals surface area contributed by atoms with Crippen LogP contribution in [0.1, 0.15) is 12.5 Å². The van der Waals surface area contributed by atoms with Crippen LogP contribution in [0.25, 0.3) is 0 Å². The van der Waals surface area contributed by atoms with E-state index in [1.165, 1.54) is 22.7 Å². The summed E-state index contributed by atoms with van der Waals surface area (Å²) in [5.41, 5.74) is -0.311. The average Bonchev–Trinajstić information content (AvgIpc) is 2.81. The molecule has 3 rings (SSSR count). The number of hydrogen-bond acceptors (Lipinski definition) is 3. The molecular weight excluding hydrogens is 327 g/mol. The Morgan fingerprint density at radius 2 is 1.75 bits per heavy atom. The number of imide groups is 1. The van der Waals surface area contributed by atoms with Crippen molar-refractivity contribution in [2.24, 2.45) is 0 Å². The van der Waals surface area contributed by atoms with Crippen LogP contribution in [-0.2, 0) is 10.3 Å². The third-order valence-electron chi connectivity index (χ3n) is 4.04. The molecule has 1 fully saturated rings. The summed E-state index contributed by atoms with van der Waals surface area (Å²) in [5.74, 6) is -0.146. The number of rotatable bonds is 5. The second-order valence-electron chi connectivity index (χ2n) is 5.66. The second kappa shape index (κ2) is 6.65. The molecule has 0 aromatic heterocycles. The van der Waals surface area contributed by atoms with Gasteiger partial charge in [-0.1, -0.05) is 42.5 Å². The van der Waals surface area contributed by atoms with Crippen LogP contribution >= 0.6 is 11.8 Å². The summed E-state index contributed by atoms with van der Waals surface area (Å²) in [7, 11) is 0. The Bertz CT molecular complexity index is 769. The van der Waals surface area contributed by atoms with E-state index in [0.29, 0.717) is 10.6 Å². The van der Waals surface area contributed by atoms with Crippen molar-refractivity contribution in [2.45, 2.75) is 17.4 Å². The van der Waals surface area contributed by atoms with Crippen LogP contribution in [0.3, 0.4) is 0 Å². The Morgan fingerprint density at radius 3 is 2.46 bits per heavy atom. The predicted octanol–water partition coefficient (Wildman–Crippen LogP) is 3.39. The lowest BCUT2D eigenvalue weighted by atomic mass is 9.92. The van der Waals surface area contributed by atoms with E-state index in [1.807, 2.05) is 30.3 Å². The van der Waals surface area contributed by atoms with Crippen LogP contribution in [0.15, 0.2) is 59.5 Å². The Morgan fingerprint density at radius 1 is 1.08 bits per heavy atom. The number of carbonyl (C=O) groups is 2. The minimum Gasteiger partial charge on any atom is -0.319 e. The molecule has 1 aliphatic rings. The molecule has 1 N–H and O–H groups in total. The molecule has 4 nitrogen and oxygen atoms in total. The van der Waals surface area contributed by atoms with Gasteiger partial charge >= 0.3 is 6.03 Å². The minimum absolute atomic E-state index is 0.228. The first-order chi connectivity index (χ1) is 11.5. The molecule has 2 aromatic rings. The molecule has 2 aromatic carbocycles. The zero-order chi connectivity index (χ0) is 17.2. The zero-order valence-corrected chi connectivity index (χ0v) is 14.0. The van der Waals surface area contributed by atoms with E-state index in [4.69, 9.17) is 0 Å². The SMILES string of the molecule is C[C@]1(c2ccccc2)NC(=O)N(CCSc2ccccc2F)C1=O. The standard InChI is InChI=1S/C18H17FN2O2S/c1-18(13-7-3-2-4-8-13)16(22)21(17(23)20-18)11-12-24-15-10-6-5-9-14(15)19/h2-10H,11-12H2,1H3,(H,20,23)/t18-/m1/s1. The summed E-state index contributed by atoms with van der Waals surface area (Å²) in [6.07, 6.45) is 0. The molecule has 1 heterocycles. The minimum atomic E-state index is -1.05. The van der Waals surface area contributed by atoms with Crippen LogP contribution in [-0.4, -0.2) is 29.1 Å². The molecule has 24 heavy (non-hydrogen) atoms. The van der Waals surface area contributed by atoms with E-state index >= 15 is 0 Å². The fourth-order valence-corrected chi connectivity index (χ4v) is 3.55. The van der Waals surface area contributed by atoms with Gasteiger partial charge in [0.05, 0.1) is 0 Å². The van der Waals surface area contributed by atoms with E-state index in [0.717, 1.165) is 5.56 Å². The Kier molecular flexibility index (Phi) is 4.57. The zero-order valence-electron chi connectivity index (χ0n) is 13.2.